The molecule has 0 radical (unpaired) electrons. The van der Waals surface area contributed by atoms with Crippen molar-refractivity contribution in [3.05, 3.63) is 29.1 Å². The molecule has 1 aromatic rings. The van der Waals surface area contributed by atoms with Crippen LogP contribution in [0.2, 0.25) is 0 Å². The number of benzene rings is 1. The van der Waals surface area contributed by atoms with E-state index in [1.807, 2.05) is 6.92 Å². The fourth-order valence-electron chi connectivity index (χ4n) is 1.79. The van der Waals surface area contributed by atoms with Crippen molar-refractivity contribution in [2.45, 2.75) is 25.8 Å². The number of halogens is 5. The molecular formula is C11H10F5N. The van der Waals surface area contributed by atoms with Crippen molar-refractivity contribution in [3.8, 4) is 0 Å². The van der Waals surface area contributed by atoms with Crippen molar-refractivity contribution >= 4 is 5.69 Å². The molecule has 17 heavy (non-hydrogen) atoms. The topological polar surface area (TPSA) is 12.0 Å². The van der Waals surface area contributed by atoms with Gasteiger partial charge in [0, 0.05) is 6.04 Å². The number of nitrogens with one attached hydrogen (secondary N) is 1. The number of rotatable bonds is 3. The summed E-state index contributed by atoms with van der Waals surface area (Å²) in [7, 11) is 0. The van der Waals surface area contributed by atoms with E-state index < -0.39 is 34.8 Å². The average Bonchev–Trinajstić information content (AvgIpc) is 3.08. The van der Waals surface area contributed by atoms with E-state index in [9.17, 15) is 22.0 Å². The Labute approximate surface area is 94.6 Å². The lowest BCUT2D eigenvalue weighted by Crippen LogP contribution is -2.12. The first-order valence-corrected chi connectivity index (χ1v) is 5.25. The zero-order valence-corrected chi connectivity index (χ0v) is 8.96. The maximum Gasteiger partial charge on any atom is 0.200 e. The minimum absolute atomic E-state index is 0.215. The zero-order chi connectivity index (χ0) is 12.7. The van der Waals surface area contributed by atoms with Crippen LogP contribution in [0.3, 0.4) is 0 Å². The smallest absolute Gasteiger partial charge is 0.200 e. The molecule has 94 valence electrons. The maximum atomic E-state index is 13.2. The lowest BCUT2D eigenvalue weighted by Gasteiger charge is -2.10. The van der Waals surface area contributed by atoms with Gasteiger partial charge in [0.1, 0.15) is 5.69 Å². The zero-order valence-electron chi connectivity index (χ0n) is 8.96. The summed E-state index contributed by atoms with van der Waals surface area (Å²) in [5.74, 6) is -9.34. The number of hydrogen-bond donors (Lipinski definition) is 1. The van der Waals surface area contributed by atoms with Crippen molar-refractivity contribution in [2.75, 3.05) is 5.32 Å². The Kier molecular flexibility index (Phi) is 2.97. The Morgan fingerprint density at radius 3 is 1.82 bits per heavy atom. The van der Waals surface area contributed by atoms with Gasteiger partial charge < -0.3 is 5.32 Å². The Balaban J connectivity index is 2.34. The third-order valence-corrected chi connectivity index (χ3v) is 2.99. The van der Waals surface area contributed by atoms with Gasteiger partial charge >= 0.3 is 0 Å². The van der Waals surface area contributed by atoms with Crippen molar-refractivity contribution < 1.29 is 22.0 Å². The van der Waals surface area contributed by atoms with Crippen LogP contribution < -0.4 is 5.32 Å². The first-order chi connectivity index (χ1) is 7.97. The van der Waals surface area contributed by atoms with Crippen LogP contribution in [-0.4, -0.2) is 6.04 Å². The van der Waals surface area contributed by atoms with Crippen LogP contribution in [0.15, 0.2) is 0 Å². The molecule has 1 nitrogen and oxygen atoms in total. The van der Waals surface area contributed by atoms with Gasteiger partial charge in [-0.1, -0.05) is 13.3 Å². The molecule has 0 saturated heterocycles. The lowest BCUT2D eigenvalue weighted by molar-refractivity contribution is 0.381. The van der Waals surface area contributed by atoms with Crippen molar-refractivity contribution in [1.29, 1.82) is 0 Å². The molecule has 0 heterocycles. The van der Waals surface area contributed by atoms with E-state index >= 15 is 0 Å². The highest BCUT2D eigenvalue weighted by Gasteiger charge is 2.37. The summed E-state index contributed by atoms with van der Waals surface area (Å²) in [5, 5.41) is 2.37. The molecule has 0 bridgehead atoms. The maximum absolute atomic E-state index is 13.2. The molecule has 1 fully saturated rings. The predicted molar refractivity (Wildman–Crippen MR) is 52.0 cm³/mol. The monoisotopic (exact) mass is 251 g/mol. The summed E-state index contributed by atoms with van der Waals surface area (Å²) in [4.78, 5) is 0. The van der Waals surface area contributed by atoms with Crippen LogP contribution in [0.4, 0.5) is 27.6 Å². The van der Waals surface area contributed by atoms with Gasteiger partial charge in [0.05, 0.1) is 0 Å². The highest BCUT2D eigenvalue weighted by molar-refractivity contribution is 5.49. The van der Waals surface area contributed by atoms with Gasteiger partial charge in [-0.15, -0.1) is 0 Å². The van der Waals surface area contributed by atoms with Gasteiger partial charge in [-0.25, -0.2) is 22.0 Å². The van der Waals surface area contributed by atoms with Crippen LogP contribution in [-0.2, 0) is 0 Å². The van der Waals surface area contributed by atoms with Gasteiger partial charge in [0.25, 0.3) is 0 Å². The molecule has 0 aromatic heterocycles. The Morgan fingerprint density at radius 1 is 0.941 bits per heavy atom. The second-order valence-electron chi connectivity index (χ2n) is 4.10. The summed E-state index contributed by atoms with van der Waals surface area (Å²) in [6, 6.07) is -0.215. The minimum Gasteiger partial charge on any atom is -0.377 e. The summed E-state index contributed by atoms with van der Waals surface area (Å²) >= 11 is 0. The van der Waals surface area contributed by atoms with E-state index in [0.717, 1.165) is 6.42 Å². The average molecular weight is 251 g/mol. The van der Waals surface area contributed by atoms with Crippen LogP contribution >= 0.6 is 0 Å². The SMILES string of the molecule is CCC1CC1Nc1c(F)c(F)c(F)c(F)c1F. The Bertz CT molecular complexity index is 431. The van der Waals surface area contributed by atoms with Crippen molar-refractivity contribution in [2.24, 2.45) is 5.92 Å². The Hall–Kier alpha value is -1.33. The molecule has 0 spiro atoms. The van der Waals surface area contributed by atoms with Gasteiger partial charge in [0.15, 0.2) is 23.3 Å². The molecule has 2 atom stereocenters. The lowest BCUT2D eigenvalue weighted by atomic mass is 10.2. The molecule has 1 aliphatic carbocycles. The fourth-order valence-corrected chi connectivity index (χ4v) is 1.79. The first kappa shape index (κ1) is 12.1. The minimum atomic E-state index is -2.13. The van der Waals surface area contributed by atoms with Gasteiger partial charge in [-0.2, -0.15) is 0 Å². The van der Waals surface area contributed by atoms with Crippen molar-refractivity contribution in [1.82, 2.24) is 0 Å². The van der Waals surface area contributed by atoms with Crippen molar-refractivity contribution in [3.63, 3.8) is 0 Å². The molecule has 0 aliphatic heterocycles. The summed E-state index contributed by atoms with van der Waals surface area (Å²) < 4.78 is 64.9. The standard InChI is InChI=1S/C11H10F5N/c1-2-4-3-5(4)17-11-9(15)7(13)6(12)8(14)10(11)16/h4-5,17H,2-3H2,1H3. The van der Waals surface area contributed by atoms with Gasteiger partial charge in [0.2, 0.25) is 5.82 Å². The first-order valence-electron chi connectivity index (χ1n) is 5.25. The van der Waals surface area contributed by atoms with Crippen LogP contribution in [0.1, 0.15) is 19.8 Å². The molecular weight excluding hydrogens is 241 g/mol. The molecule has 6 heteroatoms. The van der Waals surface area contributed by atoms with E-state index in [2.05, 4.69) is 5.32 Å². The summed E-state index contributed by atoms with van der Waals surface area (Å²) in [5.41, 5.74) is -0.928. The third kappa shape index (κ3) is 1.96. The molecule has 1 aromatic carbocycles. The highest BCUT2D eigenvalue weighted by atomic mass is 19.2. The highest BCUT2D eigenvalue weighted by Crippen LogP contribution is 2.38. The van der Waals surface area contributed by atoms with E-state index in [1.54, 1.807) is 0 Å². The number of hydrogen-bond acceptors (Lipinski definition) is 1. The molecule has 1 N–H and O–H groups in total. The molecule has 0 amide bonds. The summed E-state index contributed by atoms with van der Waals surface area (Å²) in [6.07, 6.45) is 1.48. The second kappa shape index (κ2) is 4.16. The van der Waals surface area contributed by atoms with E-state index in [1.165, 1.54) is 0 Å². The largest absolute Gasteiger partial charge is 0.377 e. The second-order valence-corrected chi connectivity index (χ2v) is 4.10. The van der Waals surface area contributed by atoms with Gasteiger partial charge in [-0.3, -0.25) is 0 Å². The number of anilines is 1. The van der Waals surface area contributed by atoms with Crippen LogP contribution in [0, 0.1) is 35.0 Å². The predicted octanol–water partition coefficient (Wildman–Crippen LogP) is 3.59. The van der Waals surface area contributed by atoms with Gasteiger partial charge in [-0.05, 0) is 12.3 Å². The van der Waals surface area contributed by atoms with E-state index in [-0.39, 0.29) is 12.0 Å². The Morgan fingerprint density at radius 2 is 1.41 bits per heavy atom. The summed E-state index contributed by atoms with van der Waals surface area (Å²) in [6.45, 7) is 1.89. The van der Waals surface area contributed by atoms with Crippen LogP contribution in [0.5, 0.6) is 0 Å². The normalized spacial score (nSPS) is 22.7. The molecule has 2 rings (SSSR count). The molecule has 1 aliphatic rings. The molecule has 1 saturated carbocycles. The quantitative estimate of drug-likeness (QED) is 0.491. The molecule has 2 unspecified atom stereocenters. The fraction of sp³-hybridized carbons (Fsp3) is 0.455. The van der Waals surface area contributed by atoms with E-state index in [0.29, 0.717) is 6.42 Å². The van der Waals surface area contributed by atoms with E-state index in [4.69, 9.17) is 0 Å². The van der Waals surface area contributed by atoms with Crippen LogP contribution in [0.25, 0.3) is 0 Å². The third-order valence-electron chi connectivity index (χ3n) is 2.99.